The molecule has 1 aliphatic rings. The molecule has 2 N–H and O–H groups in total. The molecule has 6 heteroatoms. The molecule has 14 heavy (non-hydrogen) atoms. The van der Waals surface area contributed by atoms with Gasteiger partial charge in [0.2, 0.25) is 0 Å². The van der Waals surface area contributed by atoms with E-state index in [4.69, 9.17) is 4.74 Å². The lowest BCUT2D eigenvalue weighted by Crippen LogP contribution is -2.41. The van der Waals surface area contributed by atoms with Crippen LogP contribution in [0.15, 0.2) is 23.1 Å². The van der Waals surface area contributed by atoms with E-state index in [0.29, 0.717) is 22.8 Å². The van der Waals surface area contributed by atoms with E-state index in [1.807, 2.05) is 0 Å². The van der Waals surface area contributed by atoms with Gasteiger partial charge in [0.25, 0.3) is 10.0 Å². The van der Waals surface area contributed by atoms with E-state index in [1.165, 1.54) is 6.07 Å². The van der Waals surface area contributed by atoms with Crippen molar-refractivity contribution >= 4 is 10.0 Å². The Hall–Kier alpha value is -1.11. The monoisotopic (exact) mass is 214 g/mol. The molecule has 0 amide bonds. The van der Waals surface area contributed by atoms with Crippen molar-refractivity contribution in [2.24, 2.45) is 0 Å². The second-order valence-corrected chi connectivity index (χ2v) is 4.58. The van der Waals surface area contributed by atoms with E-state index in [2.05, 4.69) is 10.3 Å². The number of nitrogens with one attached hydrogen (secondary N) is 2. The van der Waals surface area contributed by atoms with Crippen molar-refractivity contribution in [3.8, 4) is 5.75 Å². The molecule has 0 bridgehead atoms. The molecule has 0 saturated heterocycles. The lowest BCUT2D eigenvalue weighted by molar-refractivity contribution is 0.413. The van der Waals surface area contributed by atoms with Crippen molar-refractivity contribution in [1.82, 2.24) is 10.3 Å². The molecule has 0 spiro atoms. The third-order valence-corrected chi connectivity index (χ3v) is 3.43. The van der Waals surface area contributed by atoms with Crippen molar-refractivity contribution in [1.29, 1.82) is 0 Å². The third kappa shape index (κ3) is 1.47. The Labute approximate surface area is 82.1 Å². The van der Waals surface area contributed by atoms with Crippen LogP contribution in [-0.4, -0.2) is 15.5 Å². The predicted molar refractivity (Wildman–Crippen MR) is 50.2 cm³/mol. The fraction of sp³-hybridized carbons (Fsp3) is 0.250. The van der Waals surface area contributed by atoms with Gasteiger partial charge in [-0.1, -0.05) is 0 Å². The summed E-state index contributed by atoms with van der Waals surface area (Å²) in [6, 6.07) is 4.88. The number of sulfonamides is 1. The van der Waals surface area contributed by atoms with Crippen LogP contribution in [0.2, 0.25) is 0 Å². The van der Waals surface area contributed by atoms with Crippen LogP contribution in [0.1, 0.15) is 5.56 Å². The molecule has 1 aliphatic heterocycles. The lowest BCUT2D eigenvalue weighted by Gasteiger charge is -2.18. The Kier molecular flexibility index (Phi) is 2.18. The first-order chi connectivity index (χ1) is 6.63. The molecule has 1 heterocycles. The second-order valence-electron chi connectivity index (χ2n) is 2.93. The highest BCUT2D eigenvalue weighted by Gasteiger charge is 2.22. The van der Waals surface area contributed by atoms with Gasteiger partial charge in [-0.3, -0.25) is 0 Å². The van der Waals surface area contributed by atoms with Crippen molar-refractivity contribution in [2.75, 3.05) is 7.11 Å². The van der Waals surface area contributed by atoms with Crippen LogP contribution in [0, 0.1) is 0 Å². The molecule has 5 nitrogen and oxygen atoms in total. The number of hydrazine groups is 1. The summed E-state index contributed by atoms with van der Waals surface area (Å²) in [4.78, 5) is 2.54. The van der Waals surface area contributed by atoms with E-state index in [9.17, 15) is 8.42 Å². The van der Waals surface area contributed by atoms with Gasteiger partial charge in [-0.05, 0) is 23.8 Å². The highest BCUT2D eigenvalue weighted by molar-refractivity contribution is 7.89. The zero-order valence-electron chi connectivity index (χ0n) is 7.57. The average molecular weight is 214 g/mol. The normalized spacial score (nSPS) is 18.6. The minimum absolute atomic E-state index is 0.303. The molecule has 2 rings (SSSR count). The van der Waals surface area contributed by atoms with Gasteiger partial charge in [-0.15, -0.1) is 4.83 Å². The molecule has 0 atom stereocenters. The number of hydrogen-bond acceptors (Lipinski definition) is 4. The Morgan fingerprint density at radius 1 is 1.43 bits per heavy atom. The van der Waals surface area contributed by atoms with Gasteiger partial charge < -0.3 is 4.74 Å². The Bertz CT molecular complexity index is 456. The van der Waals surface area contributed by atoms with Crippen LogP contribution in [-0.2, 0) is 16.6 Å². The molecule has 0 unspecified atom stereocenters. The van der Waals surface area contributed by atoms with Crippen LogP contribution in [0.5, 0.6) is 5.75 Å². The minimum atomic E-state index is -3.38. The van der Waals surface area contributed by atoms with Crippen LogP contribution in [0.25, 0.3) is 0 Å². The number of ether oxygens (including phenoxy) is 1. The minimum Gasteiger partial charge on any atom is -0.497 e. The largest absolute Gasteiger partial charge is 0.497 e. The van der Waals surface area contributed by atoms with Gasteiger partial charge in [-0.2, -0.15) is 0 Å². The number of methoxy groups -OCH3 is 1. The van der Waals surface area contributed by atoms with Crippen LogP contribution < -0.4 is 15.0 Å². The highest BCUT2D eigenvalue weighted by atomic mass is 32.2. The SMILES string of the molecule is COc1ccc2c(c1)CNNS2(=O)=O. The number of fused-ring (bicyclic) bond motifs is 1. The summed E-state index contributed by atoms with van der Waals surface area (Å²) in [7, 11) is -1.84. The second kappa shape index (κ2) is 3.23. The lowest BCUT2D eigenvalue weighted by atomic mass is 10.2. The maximum absolute atomic E-state index is 11.5. The summed E-state index contributed by atoms with van der Waals surface area (Å²) in [5, 5.41) is 0. The number of benzene rings is 1. The quantitative estimate of drug-likeness (QED) is 0.690. The fourth-order valence-electron chi connectivity index (χ4n) is 1.36. The number of hydrogen-bond donors (Lipinski definition) is 2. The molecule has 1 aromatic carbocycles. The van der Waals surface area contributed by atoms with Crippen molar-refractivity contribution in [2.45, 2.75) is 11.4 Å². The van der Waals surface area contributed by atoms with E-state index in [1.54, 1.807) is 19.2 Å². The molecule has 0 radical (unpaired) electrons. The van der Waals surface area contributed by atoms with E-state index < -0.39 is 10.0 Å². The smallest absolute Gasteiger partial charge is 0.253 e. The van der Waals surface area contributed by atoms with E-state index in [0.717, 1.165) is 0 Å². The first-order valence-electron chi connectivity index (χ1n) is 4.05. The first kappa shape index (κ1) is 9.45. The van der Waals surface area contributed by atoms with E-state index in [-0.39, 0.29) is 0 Å². The van der Waals surface area contributed by atoms with Gasteiger partial charge in [0, 0.05) is 6.54 Å². The summed E-state index contributed by atoms with van der Waals surface area (Å²) in [5.74, 6) is 0.655. The molecule has 76 valence electrons. The Morgan fingerprint density at radius 2 is 2.21 bits per heavy atom. The van der Waals surface area contributed by atoms with Crippen molar-refractivity contribution in [3.63, 3.8) is 0 Å². The maximum Gasteiger partial charge on any atom is 0.253 e. The molecular formula is C8H10N2O3S. The molecular weight excluding hydrogens is 204 g/mol. The van der Waals surface area contributed by atoms with Gasteiger partial charge in [-0.25, -0.2) is 13.8 Å². The van der Waals surface area contributed by atoms with Gasteiger partial charge in [0.05, 0.1) is 12.0 Å². The maximum atomic E-state index is 11.5. The molecule has 0 aliphatic carbocycles. The highest BCUT2D eigenvalue weighted by Crippen LogP contribution is 2.23. The standard InChI is InChI=1S/C8H10N2O3S/c1-13-7-2-3-8-6(4-7)5-9-10-14(8,11)12/h2-4,9-10H,5H2,1H3. The summed E-state index contributed by atoms with van der Waals surface area (Å²) in [6.07, 6.45) is 0. The van der Waals surface area contributed by atoms with E-state index >= 15 is 0 Å². The van der Waals surface area contributed by atoms with Crippen LogP contribution >= 0.6 is 0 Å². The summed E-state index contributed by atoms with van der Waals surface area (Å²) in [5.41, 5.74) is 3.30. The molecule has 1 aromatic rings. The van der Waals surface area contributed by atoms with Crippen molar-refractivity contribution in [3.05, 3.63) is 23.8 Å². The average Bonchev–Trinajstić information content (AvgIpc) is 2.16. The number of rotatable bonds is 1. The zero-order valence-corrected chi connectivity index (χ0v) is 8.39. The summed E-state index contributed by atoms with van der Waals surface area (Å²) >= 11 is 0. The predicted octanol–water partition coefficient (Wildman–Crippen LogP) is -0.00830. The van der Waals surface area contributed by atoms with Gasteiger partial charge in [0.1, 0.15) is 5.75 Å². The molecule has 0 aromatic heterocycles. The van der Waals surface area contributed by atoms with Crippen molar-refractivity contribution < 1.29 is 13.2 Å². The fourth-order valence-corrected chi connectivity index (χ4v) is 2.46. The van der Waals surface area contributed by atoms with Crippen LogP contribution in [0.4, 0.5) is 0 Å². The summed E-state index contributed by atoms with van der Waals surface area (Å²) < 4.78 is 27.9. The van der Waals surface area contributed by atoms with Gasteiger partial charge in [0.15, 0.2) is 0 Å². The molecule has 0 fully saturated rings. The topological polar surface area (TPSA) is 67.4 Å². The van der Waals surface area contributed by atoms with Crippen LogP contribution in [0.3, 0.4) is 0 Å². The van der Waals surface area contributed by atoms with Gasteiger partial charge >= 0.3 is 0 Å². The zero-order chi connectivity index (χ0) is 10.2. The Morgan fingerprint density at radius 3 is 2.93 bits per heavy atom. The Balaban J connectivity index is 2.58. The summed E-state index contributed by atoms with van der Waals surface area (Å²) in [6.45, 7) is 0.464. The third-order valence-electron chi connectivity index (χ3n) is 2.04. The molecule has 0 saturated carbocycles. The first-order valence-corrected chi connectivity index (χ1v) is 5.53.